The average Bonchev–Trinajstić information content (AvgIpc) is 3.08. The van der Waals surface area contributed by atoms with Gasteiger partial charge in [0.1, 0.15) is 11.1 Å². The highest BCUT2D eigenvalue weighted by Gasteiger charge is 2.28. The van der Waals surface area contributed by atoms with Gasteiger partial charge < -0.3 is 14.1 Å². The van der Waals surface area contributed by atoms with Gasteiger partial charge in [-0.2, -0.15) is 5.26 Å². The molecule has 0 saturated heterocycles. The Balaban J connectivity index is 1.73. The molecule has 1 heterocycles. The van der Waals surface area contributed by atoms with Gasteiger partial charge in [0.25, 0.3) is 5.91 Å². The zero-order valence-electron chi connectivity index (χ0n) is 15.5. The van der Waals surface area contributed by atoms with Crippen LogP contribution in [-0.2, 0) is 20.7 Å². The van der Waals surface area contributed by atoms with Crippen LogP contribution < -0.4 is 0 Å². The van der Waals surface area contributed by atoms with Crippen LogP contribution in [0.3, 0.4) is 0 Å². The first-order valence-electron chi connectivity index (χ1n) is 8.55. The third-order valence-corrected chi connectivity index (χ3v) is 4.72. The van der Waals surface area contributed by atoms with E-state index in [1.54, 1.807) is 20.1 Å². The van der Waals surface area contributed by atoms with Gasteiger partial charge in [-0.3, -0.25) is 9.59 Å². The minimum absolute atomic E-state index is 0.000352. The minimum atomic E-state index is -0.969. The number of ether oxygens (including phenoxy) is 1. The molecule has 2 aromatic carbocycles. The van der Waals surface area contributed by atoms with Crippen molar-refractivity contribution < 1.29 is 18.7 Å². The molecule has 0 fully saturated rings. The molecule has 6 heteroatoms. The fourth-order valence-electron chi connectivity index (χ4n) is 2.84. The van der Waals surface area contributed by atoms with Gasteiger partial charge in [-0.1, -0.05) is 30.3 Å². The number of likely N-dealkylation sites (N-methyl/N-ethyl adjacent to an activating group) is 1. The van der Waals surface area contributed by atoms with Crippen LogP contribution in [0, 0.1) is 11.3 Å². The second-order valence-electron chi connectivity index (χ2n) is 6.88. The van der Waals surface area contributed by atoms with Crippen LogP contribution >= 0.6 is 0 Å². The topological polar surface area (TPSA) is 83.5 Å². The van der Waals surface area contributed by atoms with Gasteiger partial charge in [-0.05, 0) is 30.7 Å². The first kappa shape index (κ1) is 18.5. The molecule has 138 valence electrons. The number of benzene rings is 2. The summed E-state index contributed by atoms with van der Waals surface area (Å²) in [7, 11) is 1.51. The van der Waals surface area contributed by atoms with E-state index in [0.29, 0.717) is 11.1 Å². The molecule has 0 spiro atoms. The molecule has 3 aromatic rings. The molecule has 0 atom stereocenters. The second-order valence-corrected chi connectivity index (χ2v) is 6.88. The molecule has 0 N–H and O–H groups in total. The van der Waals surface area contributed by atoms with Crippen molar-refractivity contribution >= 4 is 33.6 Å². The summed E-state index contributed by atoms with van der Waals surface area (Å²) < 4.78 is 10.7. The Kier molecular flexibility index (Phi) is 4.87. The van der Waals surface area contributed by atoms with Crippen molar-refractivity contribution in [1.82, 2.24) is 4.90 Å². The monoisotopic (exact) mass is 364 g/mol. The van der Waals surface area contributed by atoms with E-state index in [2.05, 4.69) is 0 Å². The van der Waals surface area contributed by atoms with Crippen LogP contribution in [0.5, 0.6) is 0 Å². The highest BCUT2D eigenvalue weighted by molar-refractivity contribution is 6.08. The third kappa shape index (κ3) is 3.63. The summed E-state index contributed by atoms with van der Waals surface area (Å²) in [5.41, 5.74) is 0.441. The number of fused-ring (bicyclic) bond motifs is 3. The summed E-state index contributed by atoms with van der Waals surface area (Å²) in [6, 6.07) is 13.7. The fraction of sp³-hybridized carbons (Fsp3) is 0.286. The molecular formula is C21H20N2O4. The molecule has 0 saturated carbocycles. The molecule has 3 rings (SSSR count). The van der Waals surface area contributed by atoms with E-state index in [9.17, 15) is 9.59 Å². The van der Waals surface area contributed by atoms with E-state index in [1.807, 2.05) is 42.5 Å². The molecule has 0 aliphatic carbocycles. The Hall–Kier alpha value is -3.33. The van der Waals surface area contributed by atoms with Crippen LogP contribution in [0.4, 0.5) is 0 Å². The Morgan fingerprint density at radius 1 is 1.22 bits per heavy atom. The number of esters is 1. The largest absolute Gasteiger partial charge is 0.464 e. The van der Waals surface area contributed by atoms with Crippen molar-refractivity contribution in [2.75, 3.05) is 13.7 Å². The van der Waals surface area contributed by atoms with Crippen molar-refractivity contribution in [2.45, 2.75) is 25.8 Å². The summed E-state index contributed by atoms with van der Waals surface area (Å²) in [4.78, 5) is 25.6. The van der Waals surface area contributed by atoms with Gasteiger partial charge in [-0.15, -0.1) is 0 Å². The lowest BCUT2D eigenvalue weighted by Gasteiger charge is -2.28. The number of hydrogen-bond acceptors (Lipinski definition) is 5. The van der Waals surface area contributed by atoms with E-state index in [-0.39, 0.29) is 6.42 Å². The maximum atomic E-state index is 12.2. The van der Waals surface area contributed by atoms with Crippen molar-refractivity contribution in [3.63, 3.8) is 0 Å². The number of rotatable bonds is 5. The van der Waals surface area contributed by atoms with Crippen LogP contribution in [-0.4, -0.2) is 36.0 Å². The summed E-state index contributed by atoms with van der Waals surface area (Å²) in [6.45, 7) is 2.84. The minimum Gasteiger partial charge on any atom is -0.464 e. The van der Waals surface area contributed by atoms with Crippen LogP contribution in [0.2, 0.25) is 0 Å². The summed E-state index contributed by atoms with van der Waals surface area (Å²) >= 11 is 0. The lowest BCUT2D eigenvalue weighted by atomic mass is 10.0. The quantitative estimate of drug-likeness (QED) is 0.648. The highest BCUT2D eigenvalue weighted by atomic mass is 16.5. The highest BCUT2D eigenvalue weighted by Crippen LogP contribution is 2.30. The first-order chi connectivity index (χ1) is 12.8. The Morgan fingerprint density at radius 2 is 1.96 bits per heavy atom. The Labute approximate surface area is 156 Å². The van der Waals surface area contributed by atoms with Crippen molar-refractivity contribution in [1.29, 1.82) is 5.26 Å². The van der Waals surface area contributed by atoms with E-state index in [1.165, 1.54) is 11.9 Å². The molecule has 0 unspecified atom stereocenters. The third-order valence-electron chi connectivity index (χ3n) is 4.72. The van der Waals surface area contributed by atoms with Gasteiger partial charge in [0.15, 0.2) is 6.61 Å². The molecule has 0 bridgehead atoms. The number of furan rings is 1. The maximum Gasteiger partial charge on any atom is 0.310 e. The molecule has 1 aromatic heterocycles. The van der Waals surface area contributed by atoms with Gasteiger partial charge in [0.05, 0.1) is 18.8 Å². The predicted octanol–water partition coefficient (Wildman–Crippen LogP) is 3.43. The van der Waals surface area contributed by atoms with E-state index in [0.717, 1.165) is 16.2 Å². The molecule has 0 radical (unpaired) electrons. The smallest absolute Gasteiger partial charge is 0.310 e. The Morgan fingerprint density at radius 3 is 2.70 bits per heavy atom. The summed E-state index contributed by atoms with van der Waals surface area (Å²) in [5, 5.41) is 12.0. The van der Waals surface area contributed by atoms with E-state index in [4.69, 9.17) is 14.4 Å². The van der Waals surface area contributed by atoms with Gasteiger partial charge in [-0.25, -0.2) is 0 Å². The second kappa shape index (κ2) is 7.12. The van der Waals surface area contributed by atoms with Gasteiger partial charge in [0.2, 0.25) is 0 Å². The molecule has 0 aliphatic heterocycles. The standard InChI is InChI=1S/C21H20N2O4/c1-21(2,13-22)23(3)18(24)12-27-19(25)10-15-11-26-17-9-8-14-6-4-5-7-16(14)20(15)17/h4-9,11H,10,12H2,1-3H3. The fourth-order valence-corrected chi connectivity index (χ4v) is 2.84. The van der Waals surface area contributed by atoms with Crippen LogP contribution in [0.15, 0.2) is 47.1 Å². The number of carbonyl (C=O) groups excluding carboxylic acids is 2. The lowest BCUT2D eigenvalue weighted by Crippen LogP contribution is -2.45. The summed E-state index contributed by atoms with van der Waals surface area (Å²) in [5.74, 6) is -0.959. The zero-order chi connectivity index (χ0) is 19.6. The molecule has 6 nitrogen and oxygen atoms in total. The number of hydrogen-bond donors (Lipinski definition) is 0. The number of amides is 1. The molecule has 27 heavy (non-hydrogen) atoms. The zero-order valence-corrected chi connectivity index (χ0v) is 15.5. The molecule has 0 aliphatic rings. The van der Waals surface area contributed by atoms with Crippen LogP contribution in [0.1, 0.15) is 19.4 Å². The van der Waals surface area contributed by atoms with Gasteiger partial charge in [0, 0.05) is 18.0 Å². The van der Waals surface area contributed by atoms with Crippen molar-refractivity contribution in [3.05, 3.63) is 48.2 Å². The number of nitriles is 1. The molecule has 1 amide bonds. The Bertz CT molecular complexity index is 1060. The predicted molar refractivity (Wildman–Crippen MR) is 101 cm³/mol. The summed E-state index contributed by atoms with van der Waals surface area (Å²) in [6.07, 6.45) is 1.55. The lowest BCUT2D eigenvalue weighted by molar-refractivity contribution is -0.152. The number of carbonyl (C=O) groups is 2. The van der Waals surface area contributed by atoms with E-state index >= 15 is 0 Å². The van der Waals surface area contributed by atoms with Crippen molar-refractivity contribution in [3.8, 4) is 6.07 Å². The van der Waals surface area contributed by atoms with Crippen LogP contribution in [0.25, 0.3) is 21.7 Å². The SMILES string of the molecule is CN(C(=O)COC(=O)Cc1coc2ccc3ccccc3c12)C(C)(C)C#N. The normalized spacial score (nSPS) is 11.3. The maximum absolute atomic E-state index is 12.2. The van der Waals surface area contributed by atoms with E-state index < -0.39 is 24.0 Å². The van der Waals surface area contributed by atoms with Gasteiger partial charge >= 0.3 is 5.97 Å². The first-order valence-corrected chi connectivity index (χ1v) is 8.55. The van der Waals surface area contributed by atoms with Crippen molar-refractivity contribution in [2.24, 2.45) is 0 Å². The number of nitrogens with zero attached hydrogens (tertiary/aromatic N) is 2. The average molecular weight is 364 g/mol. The molecular weight excluding hydrogens is 344 g/mol.